The van der Waals surface area contributed by atoms with Gasteiger partial charge in [-0.3, -0.25) is 0 Å². The Morgan fingerprint density at radius 1 is 0.762 bits per heavy atom. The summed E-state index contributed by atoms with van der Waals surface area (Å²) in [5.41, 5.74) is 11.9. The van der Waals surface area contributed by atoms with Gasteiger partial charge in [0, 0.05) is 0 Å². The van der Waals surface area contributed by atoms with Crippen LogP contribution >= 0.6 is 20.2 Å². The molecule has 5 heteroatoms. The number of unbranched alkanes of at least 4 members (excludes halogenated alkanes) is 4. The zero-order valence-electron chi connectivity index (χ0n) is 14.7. The summed E-state index contributed by atoms with van der Waals surface area (Å²) in [4.78, 5) is 0. The van der Waals surface area contributed by atoms with Crippen molar-refractivity contribution in [2.24, 2.45) is 11.5 Å². The standard InChI is InChI=1S/C16H38GeN2S2/c1-5-7-9-11-17(12-10-8-6-2,20-15(3)13-18)21-16(4)14-19/h15-16H,5-14,18-19H2,1-4H3. The summed E-state index contributed by atoms with van der Waals surface area (Å²) >= 11 is 0. The molecule has 0 aromatic heterocycles. The topological polar surface area (TPSA) is 52.0 Å². The van der Waals surface area contributed by atoms with E-state index in [0.29, 0.717) is 10.5 Å². The molecule has 0 radical (unpaired) electrons. The number of hydrogen-bond donors (Lipinski definition) is 2. The molecule has 2 atom stereocenters. The first kappa shape index (κ1) is 22.2. The number of nitrogens with two attached hydrogens (primary N) is 2. The maximum absolute atomic E-state index is 5.93. The molecule has 0 rings (SSSR count). The summed E-state index contributed by atoms with van der Waals surface area (Å²) in [6.07, 6.45) is 8.24. The van der Waals surface area contributed by atoms with Crippen molar-refractivity contribution >= 4 is 31.2 Å². The molecule has 2 unspecified atom stereocenters. The van der Waals surface area contributed by atoms with Gasteiger partial charge in [-0.05, 0) is 0 Å². The molecule has 0 saturated carbocycles. The van der Waals surface area contributed by atoms with Crippen molar-refractivity contribution in [3.05, 3.63) is 0 Å². The van der Waals surface area contributed by atoms with Crippen molar-refractivity contribution in [3.63, 3.8) is 0 Å². The van der Waals surface area contributed by atoms with Crippen LogP contribution in [-0.2, 0) is 0 Å². The van der Waals surface area contributed by atoms with E-state index in [4.69, 9.17) is 11.5 Å². The third-order valence-electron chi connectivity index (χ3n) is 3.82. The number of rotatable bonds is 14. The van der Waals surface area contributed by atoms with Crippen LogP contribution in [0.3, 0.4) is 0 Å². The first-order chi connectivity index (χ1) is 10.0. The Bertz CT molecular complexity index is 218. The van der Waals surface area contributed by atoms with E-state index in [0.717, 1.165) is 13.1 Å². The third-order valence-corrected chi connectivity index (χ3v) is 28.3. The Hall–Kier alpha value is 1.16. The normalized spacial score (nSPS) is 15.1. The van der Waals surface area contributed by atoms with Gasteiger partial charge in [-0.2, -0.15) is 0 Å². The van der Waals surface area contributed by atoms with E-state index in [1.54, 1.807) is 0 Å². The Balaban J connectivity index is 4.86. The van der Waals surface area contributed by atoms with Crippen LogP contribution in [0.4, 0.5) is 0 Å². The van der Waals surface area contributed by atoms with Gasteiger partial charge in [0.05, 0.1) is 0 Å². The molecular formula is C16H38GeN2S2. The van der Waals surface area contributed by atoms with Crippen LogP contribution in [0.5, 0.6) is 0 Å². The molecular weight excluding hydrogens is 357 g/mol. The van der Waals surface area contributed by atoms with Gasteiger partial charge in [0.15, 0.2) is 0 Å². The van der Waals surface area contributed by atoms with E-state index in [1.807, 2.05) is 0 Å². The second-order valence-electron chi connectivity index (χ2n) is 6.15. The molecule has 2 nitrogen and oxygen atoms in total. The summed E-state index contributed by atoms with van der Waals surface area (Å²) in [6.45, 7) is 10.9. The summed E-state index contributed by atoms with van der Waals surface area (Å²) in [6, 6.07) is 0. The molecule has 128 valence electrons. The van der Waals surface area contributed by atoms with Gasteiger partial charge in [-0.25, -0.2) is 0 Å². The van der Waals surface area contributed by atoms with Crippen molar-refractivity contribution in [1.29, 1.82) is 0 Å². The van der Waals surface area contributed by atoms with Crippen molar-refractivity contribution in [1.82, 2.24) is 0 Å². The summed E-state index contributed by atoms with van der Waals surface area (Å²) in [5.74, 6) is 0. The summed E-state index contributed by atoms with van der Waals surface area (Å²) < 4.78 is 0. The Kier molecular flexibility index (Phi) is 14.3. The molecule has 0 aromatic carbocycles. The molecule has 0 amide bonds. The van der Waals surface area contributed by atoms with Gasteiger partial charge in [-0.1, -0.05) is 0 Å². The molecule has 0 aliphatic rings. The minimum atomic E-state index is -1.95. The van der Waals surface area contributed by atoms with Crippen LogP contribution in [0.2, 0.25) is 10.5 Å². The first-order valence-electron chi connectivity index (χ1n) is 8.79. The molecule has 0 bridgehead atoms. The zero-order valence-corrected chi connectivity index (χ0v) is 18.4. The number of hydrogen-bond acceptors (Lipinski definition) is 4. The van der Waals surface area contributed by atoms with Crippen molar-refractivity contribution < 1.29 is 0 Å². The molecule has 4 N–H and O–H groups in total. The zero-order chi connectivity index (χ0) is 16.1. The van der Waals surface area contributed by atoms with E-state index in [9.17, 15) is 0 Å². The van der Waals surface area contributed by atoms with E-state index in [2.05, 4.69) is 47.9 Å². The SMILES string of the molecule is CCCC[CH2][Ge]([CH2]CCCC)([S]C(C)CN)[S]C(C)CN. The average Bonchev–Trinajstić information content (AvgIpc) is 2.47. The van der Waals surface area contributed by atoms with Crippen molar-refractivity contribution in [3.8, 4) is 0 Å². The van der Waals surface area contributed by atoms with Gasteiger partial charge in [-0.15, -0.1) is 0 Å². The van der Waals surface area contributed by atoms with Crippen LogP contribution < -0.4 is 11.5 Å². The first-order valence-corrected chi connectivity index (χ1v) is 18.7. The van der Waals surface area contributed by atoms with Crippen LogP contribution in [0.15, 0.2) is 0 Å². The van der Waals surface area contributed by atoms with Gasteiger partial charge in [0.1, 0.15) is 0 Å². The molecule has 0 aliphatic carbocycles. The van der Waals surface area contributed by atoms with E-state index >= 15 is 0 Å². The fourth-order valence-corrected chi connectivity index (χ4v) is 31.3. The summed E-state index contributed by atoms with van der Waals surface area (Å²) in [7, 11) is 2.66. The fraction of sp³-hybridized carbons (Fsp3) is 1.00. The van der Waals surface area contributed by atoms with E-state index in [-0.39, 0.29) is 0 Å². The Labute approximate surface area is 142 Å². The van der Waals surface area contributed by atoms with Crippen LogP contribution in [-0.4, -0.2) is 34.6 Å². The average molecular weight is 395 g/mol. The molecule has 0 spiro atoms. The summed E-state index contributed by atoms with van der Waals surface area (Å²) in [5, 5.41) is 4.21. The van der Waals surface area contributed by atoms with Gasteiger partial charge in [0.25, 0.3) is 0 Å². The fourth-order valence-electron chi connectivity index (χ4n) is 2.51. The molecule has 0 saturated heterocycles. The minimum absolute atomic E-state index is 0.616. The van der Waals surface area contributed by atoms with Crippen LogP contribution in [0, 0.1) is 0 Å². The molecule has 21 heavy (non-hydrogen) atoms. The Morgan fingerprint density at radius 2 is 1.14 bits per heavy atom. The van der Waals surface area contributed by atoms with Crippen molar-refractivity contribution in [2.75, 3.05) is 13.1 Å². The maximum atomic E-state index is 5.93. The van der Waals surface area contributed by atoms with E-state index in [1.165, 1.54) is 49.0 Å². The quantitative estimate of drug-likeness (QED) is 0.322. The molecule has 0 fully saturated rings. The monoisotopic (exact) mass is 396 g/mol. The van der Waals surface area contributed by atoms with E-state index < -0.39 is 11.0 Å². The second kappa shape index (κ2) is 13.6. The Morgan fingerprint density at radius 3 is 1.43 bits per heavy atom. The second-order valence-corrected chi connectivity index (χ2v) is 26.6. The van der Waals surface area contributed by atoms with Crippen LogP contribution in [0.25, 0.3) is 0 Å². The predicted octanol–water partition coefficient (Wildman–Crippen LogP) is 4.97. The molecule has 0 aliphatic heterocycles. The van der Waals surface area contributed by atoms with Gasteiger partial charge in [0.2, 0.25) is 0 Å². The van der Waals surface area contributed by atoms with Gasteiger partial charge < -0.3 is 0 Å². The molecule has 0 heterocycles. The molecule has 0 aromatic rings. The van der Waals surface area contributed by atoms with Crippen molar-refractivity contribution in [2.45, 2.75) is 87.2 Å². The third kappa shape index (κ3) is 10.5. The predicted molar refractivity (Wildman–Crippen MR) is 107 cm³/mol. The van der Waals surface area contributed by atoms with Crippen LogP contribution in [0.1, 0.15) is 66.2 Å². The van der Waals surface area contributed by atoms with Gasteiger partial charge >= 0.3 is 143 Å².